The van der Waals surface area contributed by atoms with E-state index in [2.05, 4.69) is 4.74 Å². The molecule has 0 unspecified atom stereocenters. The van der Waals surface area contributed by atoms with E-state index in [1.165, 1.54) is 0 Å². The van der Waals surface area contributed by atoms with Crippen LogP contribution in [0, 0.1) is 0 Å². The topological polar surface area (TPSA) is 377 Å². The number of ether oxygens (including phenoxy) is 6. The van der Waals surface area contributed by atoms with Crippen molar-refractivity contribution >= 4 is 36.5 Å². The van der Waals surface area contributed by atoms with Crippen molar-refractivity contribution in [1.29, 1.82) is 0 Å². The summed E-state index contributed by atoms with van der Waals surface area (Å²) in [6.07, 6.45) is -13.9. The van der Waals surface area contributed by atoms with E-state index in [1.807, 2.05) is 0 Å². The van der Waals surface area contributed by atoms with E-state index < -0.39 is 121 Å². The molecular weight excluding hydrogens is 1040 g/mol. The SMILES string of the molecule is CCOC(=O)OC[C@H]1O[C@H](Oc2ccccc2)[C@H](O)[C@@H](O)[C@@H]1O.O=S(=O)(O)C(F)(F)F.O=S(=O)(O)C(F)(F)F.O=S(=O)(O)C(F)(F)F.OC[C@H]1O[C@H](Oc2ccccc2)[C@H](O)[C@@H](O)[C@@H]1O.[Sc]. The number of aliphatic hydroxyl groups excluding tert-OH is 7. The predicted molar refractivity (Wildman–Crippen MR) is 190 cm³/mol. The van der Waals surface area contributed by atoms with Crippen LogP contribution in [0.1, 0.15) is 6.92 Å². The molecule has 0 amide bonds. The van der Waals surface area contributed by atoms with Gasteiger partial charge in [0.1, 0.15) is 66.9 Å². The average molecular weight is 1080 g/mol. The van der Waals surface area contributed by atoms with Crippen molar-refractivity contribution in [3.05, 3.63) is 60.7 Å². The zero-order chi connectivity index (χ0) is 50.9. The van der Waals surface area contributed by atoms with Crippen molar-refractivity contribution in [2.24, 2.45) is 0 Å². The number of aliphatic hydroxyl groups is 7. The number of hydrogen-bond donors (Lipinski definition) is 10. The molecule has 2 aromatic carbocycles. The molecule has 66 heavy (non-hydrogen) atoms. The quantitative estimate of drug-likeness (QED) is 0.0725. The van der Waals surface area contributed by atoms with Gasteiger partial charge in [-0.05, 0) is 31.2 Å². The van der Waals surface area contributed by atoms with Gasteiger partial charge >= 0.3 is 53.0 Å². The van der Waals surface area contributed by atoms with E-state index in [0.29, 0.717) is 11.5 Å². The summed E-state index contributed by atoms with van der Waals surface area (Å²) in [6.45, 7) is 0.947. The third-order valence-electron chi connectivity index (χ3n) is 7.01. The maximum atomic E-state index is 11.2. The van der Waals surface area contributed by atoms with Crippen molar-refractivity contribution in [3.63, 3.8) is 0 Å². The molecule has 381 valence electrons. The molecule has 36 heteroatoms. The van der Waals surface area contributed by atoms with Crippen molar-refractivity contribution in [2.75, 3.05) is 19.8 Å². The maximum Gasteiger partial charge on any atom is 0.522 e. The summed E-state index contributed by atoms with van der Waals surface area (Å²) < 4.78 is 203. The van der Waals surface area contributed by atoms with Crippen LogP contribution in [0.2, 0.25) is 0 Å². The normalized spacial score (nSPS) is 25.6. The number of carbonyl (C=O) groups excluding carboxylic acids is 1. The molecule has 0 bridgehead atoms. The summed E-state index contributed by atoms with van der Waals surface area (Å²) in [5.74, 6) is 0.882. The van der Waals surface area contributed by atoms with Crippen molar-refractivity contribution < 1.29 is 173 Å². The second-order valence-corrected chi connectivity index (χ2v) is 16.1. The Morgan fingerprint density at radius 2 is 0.833 bits per heavy atom. The van der Waals surface area contributed by atoms with E-state index in [0.717, 1.165) is 0 Å². The monoisotopic (exact) mass is 1080 g/mol. The molecule has 10 N–H and O–H groups in total. The number of alkyl halides is 9. The minimum absolute atomic E-state index is 0. The number of hydrogen-bond acceptors (Lipinski definition) is 20. The van der Waals surface area contributed by atoms with Gasteiger partial charge in [-0.15, -0.1) is 0 Å². The molecule has 2 aliphatic rings. The second-order valence-electron chi connectivity index (χ2n) is 11.8. The van der Waals surface area contributed by atoms with Crippen LogP contribution in [0.4, 0.5) is 44.3 Å². The first-order chi connectivity index (χ1) is 29.4. The first kappa shape index (κ1) is 65.0. The molecule has 4 rings (SSSR count). The van der Waals surface area contributed by atoms with Gasteiger partial charge in [-0.3, -0.25) is 13.7 Å². The molecule has 2 heterocycles. The van der Waals surface area contributed by atoms with Gasteiger partial charge in [0.05, 0.1) is 13.2 Å². The van der Waals surface area contributed by atoms with Gasteiger partial charge in [-0.2, -0.15) is 64.8 Å². The van der Waals surface area contributed by atoms with Crippen molar-refractivity contribution in [3.8, 4) is 11.5 Å². The van der Waals surface area contributed by atoms with Crippen LogP contribution in [-0.4, -0.2) is 179 Å². The Bertz CT molecular complexity index is 1940. The van der Waals surface area contributed by atoms with Crippen LogP contribution in [0.5, 0.6) is 11.5 Å². The van der Waals surface area contributed by atoms with Gasteiger partial charge in [-0.1, -0.05) is 36.4 Å². The number of halogens is 9. The predicted octanol–water partition coefficient (Wildman–Crippen LogP) is 0.0909. The molecule has 2 aromatic rings. The summed E-state index contributed by atoms with van der Waals surface area (Å²) >= 11 is 0. The third-order valence-corrected chi connectivity index (χ3v) is 8.77. The first-order valence-corrected chi connectivity index (χ1v) is 21.1. The first-order valence-electron chi connectivity index (χ1n) is 16.8. The Kier molecular flexibility index (Phi) is 27.4. The van der Waals surface area contributed by atoms with Gasteiger partial charge in [0.25, 0.3) is 0 Å². The molecular formula is C30H39F9O23S3Sc. The minimum Gasteiger partial charge on any atom is -0.462 e. The van der Waals surface area contributed by atoms with E-state index in [4.69, 9.17) is 67.7 Å². The molecule has 0 saturated carbocycles. The summed E-state index contributed by atoms with van der Waals surface area (Å²) in [7, 11) is -17.5. The Morgan fingerprint density at radius 3 is 1.11 bits per heavy atom. The van der Waals surface area contributed by atoms with Gasteiger partial charge in [0.15, 0.2) is 0 Å². The molecule has 2 saturated heterocycles. The van der Waals surface area contributed by atoms with Crippen LogP contribution >= 0.6 is 0 Å². The molecule has 2 aliphatic heterocycles. The van der Waals surface area contributed by atoms with Crippen LogP contribution in [-0.2, 0) is 75.1 Å². The minimum atomic E-state index is -5.84. The molecule has 2 fully saturated rings. The maximum absolute atomic E-state index is 11.2. The van der Waals surface area contributed by atoms with E-state index in [9.17, 15) is 74.9 Å². The Morgan fingerprint density at radius 1 is 0.545 bits per heavy atom. The fourth-order valence-corrected chi connectivity index (χ4v) is 3.89. The Balaban J connectivity index is 0. The number of carbonyl (C=O) groups is 1. The molecule has 23 nitrogen and oxygen atoms in total. The van der Waals surface area contributed by atoms with Crippen LogP contribution in [0.15, 0.2) is 60.7 Å². The third kappa shape index (κ3) is 22.8. The molecule has 0 aliphatic carbocycles. The Labute approximate surface area is 385 Å². The smallest absolute Gasteiger partial charge is 0.462 e. The molecule has 1 radical (unpaired) electrons. The van der Waals surface area contributed by atoms with E-state index in [-0.39, 0.29) is 39.1 Å². The summed E-state index contributed by atoms with van der Waals surface area (Å²) in [6, 6.07) is 17.2. The molecule has 10 atom stereocenters. The number of para-hydroxylation sites is 2. The number of benzene rings is 2. The second kappa shape index (κ2) is 27.8. The van der Waals surface area contributed by atoms with Crippen molar-refractivity contribution in [2.45, 2.75) is 84.9 Å². The van der Waals surface area contributed by atoms with Gasteiger partial charge in [0.2, 0.25) is 12.6 Å². The van der Waals surface area contributed by atoms with Gasteiger partial charge in [0, 0.05) is 25.8 Å². The molecule has 0 aromatic heterocycles. The Hall–Kier alpha value is -3.08. The number of rotatable bonds is 8. The van der Waals surface area contributed by atoms with E-state index >= 15 is 0 Å². The van der Waals surface area contributed by atoms with Gasteiger partial charge < -0.3 is 64.2 Å². The van der Waals surface area contributed by atoms with Crippen LogP contribution in [0.25, 0.3) is 0 Å². The van der Waals surface area contributed by atoms with Gasteiger partial charge in [-0.25, -0.2) is 4.79 Å². The van der Waals surface area contributed by atoms with E-state index in [1.54, 1.807) is 67.6 Å². The zero-order valence-electron chi connectivity index (χ0n) is 32.7. The van der Waals surface area contributed by atoms with Crippen molar-refractivity contribution in [1.82, 2.24) is 0 Å². The molecule has 0 spiro atoms. The fourth-order valence-electron chi connectivity index (χ4n) is 3.89. The summed E-state index contributed by atoms with van der Waals surface area (Å²) in [5.41, 5.74) is -16.6. The average Bonchev–Trinajstić information content (AvgIpc) is 3.17. The summed E-state index contributed by atoms with van der Waals surface area (Å²) in [4.78, 5) is 11.2. The summed E-state index contributed by atoms with van der Waals surface area (Å²) in [5, 5.41) is 67.7. The van der Waals surface area contributed by atoms with Crippen LogP contribution in [0.3, 0.4) is 0 Å². The standard InChI is InChI=1S/C15H20O8.C12H16O6.3CHF3O3S.Sc/c1-2-20-15(19)21-8-10-11(16)12(17)13(18)14(23-10)22-9-6-4-3-5-7-9;13-6-8-9(14)10(15)11(16)12(18-8)17-7-4-2-1-3-5-7;3*2-1(3,4)8(5,6)7;/h3-7,10-14,16-18H,2,8H2,1H3;1-5,8-16H,6H2;3*(H,5,6,7);/t10-,11-,12+,13-,14+;8-,9-,10+,11-,12+;;;;/m11..../s1. The zero-order valence-corrected chi connectivity index (χ0v) is 36.9. The largest absolute Gasteiger partial charge is 0.522 e. The van der Waals surface area contributed by atoms with Crippen LogP contribution < -0.4 is 9.47 Å². The fraction of sp³-hybridized carbons (Fsp3) is 0.567.